The third-order valence-electron chi connectivity index (χ3n) is 3.96. The number of nitro groups is 1. The van der Waals surface area contributed by atoms with Gasteiger partial charge in [-0.1, -0.05) is 0 Å². The molecule has 0 aliphatic heterocycles. The van der Waals surface area contributed by atoms with Crippen molar-refractivity contribution < 1.29 is 23.6 Å². The van der Waals surface area contributed by atoms with E-state index in [0.29, 0.717) is 11.3 Å². The Bertz CT molecular complexity index is 1120. The van der Waals surface area contributed by atoms with Gasteiger partial charge in [0.15, 0.2) is 6.61 Å². The zero-order valence-electron chi connectivity index (χ0n) is 15.1. The molecule has 2 aromatic carbocycles. The number of amides is 1. The Kier molecular flexibility index (Phi) is 5.25. The number of nitrogens with zero attached hydrogens (tertiary/aromatic N) is 1. The van der Waals surface area contributed by atoms with E-state index in [1.54, 1.807) is 19.1 Å². The quantitative estimate of drug-likeness (QED) is 0.394. The first-order valence-corrected chi connectivity index (χ1v) is 8.17. The van der Waals surface area contributed by atoms with Crippen molar-refractivity contribution in [2.24, 2.45) is 0 Å². The van der Waals surface area contributed by atoms with Crippen molar-refractivity contribution in [2.75, 3.05) is 19.0 Å². The summed E-state index contributed by atoms with van der Waals surface area (Å²) in [7, 11) is 1.34. The van der Waals surface area contributed by atoms with Crippen LogP contribution in [0.3, 0.4) is 0 Å². The molecule has 3 aromatic rings. The minimum Gasteiger partial charge on any atom is -0.494 e. The second kappa shape index (κ2) is 7.78. The number of fused-ring (bicyclic) bond motifs is 1. The Morgan fingerprint density at radius 1 is 1.21 bits per heavy atom. The van der Waals surface area contributed by atoms with E-state index in [4.69, 9.17) is 13.9 Å². The molecule has 0 saturated carbocycles. The van der Waals surface area contributed by atoms with Crippen molar-refractivity contribution in [1.82, 2.24) is 0 Å². The molecule has 9 heteroatoms. The van der Waals surface area contributed by atoms with Crippen LogP contribution >= 0.6 is 0 Å². The smallest absolute Gasteiger partial charge is 0.336 e. The zero-order valence-corrected chi connectivity index (χ0v) is 15.1. The van der Waals surface area contributed by atoms with Crippen molar-refractivity contribution in [1.29, 1.82) is 0 Å². The summed E-state index contributed by atoms with van der Waals surface area (Å²) >= 11 is 0. The lowest BCUT2D eigenvalue weighted by molar-refractivity contribution is -0.384. The number of nitro benzene ring substituents is 1. The van der Waals surface area contributed by atoms with Gasteiger partial charge in [-0.05, 0) is 30.7 Å². The number of carbonyl (C=O) groups excluding carboxylic acids is 1. The van der Waals surface area contributed by atoms with Crippen molar-refractivity contribution in [3.8, 4) is 11.5 Å². The van der Waals surface area contributed by atoms with Gasteiger partial charge in [-0.3, -0.25) is 14.9 Å². The van der Waals surface area contributed by atoms with E-state index in [1.165, 1.54) is 37.4 Å². The molecule has 1 amide bonds. The van der Waals surface area contributed by atoms with Crippen LogP contribution in [0, 0.1) is 17.0 Å². The van der Waals surface area contributed by atoms with Crippen LogP contribution in [0.5, 0.6) is 11.5 Å². The highest BCUT2D eigenvalue weighted by molar-refractivity contribution is 5.93. The number of rotatable bonds is 6. The van der Waals surface area contributed by atoms with Crippen LogP contribution in [0.1, 0.15) is 5.56 Å². The molecule has 1 heterocycles. The summed E-state index contributed by atoms with van der Waals surface area (Å²) in [6.45, 7) is 1.48. The number of carbonyl (C=O) groups is 1. The van der Waals surface area contributed by atoms with Crippen molar-refractivity contribution >= 4 is 28.3 Å². The first-order chi connectivity index (χ1) is 13.4. The Morgan fingerprint density at radius 3 is 2.71 bits per heavy atom. The average Bonchev–Trinajstić information content (AvgIpc) is 2.66. The van der Waals surface area contributed by atoms with Crippen molar-refractivity contribution in [3.05, 3.63) is 68.6 Å². The number of methoxy groups -OCH3 is 1. The summed E-state index contributed by atoms with van der Waals surface area (Å²) < 4.78 is 15.6. The van der Waals surface area contributed by atoms with Crippen LogP contribution in [0.25, 0.3) is 11.0 Å². The van der Waals surface area contributed by atoms with E-state index in [0.717, 1.165) is 10.9 Å². The molecular formula is C19H16N2O7. The van der Waals surface area contributed by atoms with Crippen molar-refractivity contribution in [3.63, 3.8) is 0 Å². The molecule has 9 nitrogen and oxygen atoms in total. The van der Waals surface area contributed by atoms with Gasteiger partial charge in [-0.2, -0.15) is 0 Å². The lowest BCUT2D eigenvalue weighted by atomic mass is 10.1. The molecule has 3 rings (SSSR count). The van der Waals surface area contributed by atoms with Crippen LogP contribution in [-0.2, 0) is 4.79 Å². The minimum atomic E-state index is -0.558. The Balaban J connectivity index is 1.70. The predicted molar refractivity (Wildman–Crippen MR) is 101 cm³/mol. The standard InChI is InChI=1S/C19H16N2O7/c1-11-7-19(23)28-16-9-13(4-5-14(11)16)27-10-18(22)20-15-6-3-12(21(24)25)8-17(15)26-2/h3-9H,10H2,1-2H3,(H,20,22). The van der Waals surface area contributed by atoms with E-state index >= 15 is 0 Å². The number of anilines is 1. The van der Waals surface area contributed by atoms with E-state index < -0.39 is 16.5 Å². The third-order valence-corrected chi connectivity index (χ3v) is 3.96. The van der Waals surface area contributed by atoms with Crippen molar-refractivity contribution in [2.45, 2.75) is 6.92 Å². The Morgan fingerprint density at radius 2 is 2.00 bits per heavy atom. The molecule has 0 unspecified atom stereocenters. The van der Waals surface area contributed by atoms with Gasteiger partial charge >= 0.3 is 5.63 Å². The van der Waals surface area contributed by atoms with Crippen LogP contribution in [-0.4, -0.2) is 24.5 Å². The second-order valence-corrected chi connectivity index (χ2v) is 5.88. The lowest BCUT2D eigenvalue weighted by Gasteiger charge is -2.11. The fourth-order valence-corrected chi connectivity index (χ4v) is 2.63. The summed E-state index contributed by atoms with van der Waals surface area (Å²) in [5.74, 6) is 0.0236. The topological polar surface area (TPSA) is 121 Å². The summed E-state index contributed by atoms with van der Waals surface area (Å²) in [5, 5.41) is 14.2. The van der Waals surface area contributed by atoms with Gasteiger partial charge in [0.25, 0.3) is 11.6 Å². The molecule has 0 spiro atoms. The SMILES string of the molecule is COc1cc([N+](=O)[O-])ccc1NC(=O)COc1ccc2c(C)cc(=O)oc2c1. The van der Waals surface area contributed by atoms with Crippen LogP contribution in [0.15, 0.2) is 51.7 Å². The molecule has 0 atom stereocenters. The predicted octanol–water partition coefficient (Wildman–Crippen LogP) is 3.04. The first-order valence-electron chi connectivity index (χ1n) is 8.17. The Hall–Kier alpha value is -3.88. The molecule has 144 valence electrons. The van der Waals surface area contributed by atoms with Gasteiger partial charge in [0.1, 0.15) is 17.1 Å². The van der Waals surface area contributed by atoms with Gasteiger partial charge in [-0.15, -0.1) is 0 Å². The maximum absolute atomic E-state index is 12.1. The summed E-state index contributed by atoms with van der Waals surface area (Å²) in [5.41, 5.74) is 0.798. The molecular weight excluding hydrogens is 368 g/mol. The van der Waals surface area contributed by atoms with Gasteiger partial charge in [-0.25, -0.2) is 4.79 Å². The normalized spacial score (nSPS) is 10.5. The largest absolute Gasteiger partial charge is 0.494 e. The van der Waals surface area contributed by atoms with Crippen LogP contribution < -0.4 is 20.4 Å². The molecule has 1 aromatic heterocycles. The summed E-state index contributed by atoms with van der Waals surface area (Å²) in [4.78, 5) is 33.9. The number of ether oxygens (including phenoxy) is 2. The van der Waals surface area contributed by atoms with E-state index in [2.05, 4.69) is 5.32 Å². The minimum absolute atomic E-state index is 0.154. The van der Waals surface area contributed by atoms with Gasteiger partial charge in [0, 0.05) is 23.6 Å². The maximum atomic E-state index is 12.1. The number of benzene rings is 2. The van der Waals surface area contributed by atoms with E-state index in [1.807, 2.05) is 0 Å². The lowest BCUT2D eigenvalue weighted by Crippen LogP contribution is -2.20. The number of hydrogen-bond donors (Lipinski definition) is 1. The van der Waals surface area contributed by atoms with Gasteiger partial charge in [0.2, 0.25) is 0 Å². The molecule has 0 fully saturated rings. The molecule has 0 aliphatic rings. The number of nitrogens with one attached hydrogen (secondary N) is 1. The van der Waals surface area contributed by atoms with Gasteiger partial charge < -0.3 is 19.2 Å². The molecule has 0 aliphatic carbocycles. The Labute approximate surface area is 158 Å². The van der Waals surface area contributed by atoms with E-state index in [-0.39, 0.29) is 23.7 Å². The fraction of sp³-hybridized carbons (Fsp3) is 0.158. The first kappa shape index (κ1) is 18.9. The molecule has 1 N–H and O–H groups in total. The third kappa shape index (κ3) is 4.09. The zero-order chi connectivity index (χ0) is 20.3. The highest BCUT2D eigenvalue weighted by Gasteiger charge is 2.14. The average molecular weight is 384 g/mol. The maximum Gasteiger partial charge on any atom is 0.336 e. The van der Waals surface area contributed by atoms with E-state index in [9.17, 15) is 19.7 Å². The number of aryl methyl sites for hydroxylation is 1. The fourth-order valence-electron chi connectivity index (χ4n) is 2.63. The van der Waals surface area contributed by atoms with Crippen LogP contribution in [0.2, 0.25) is 0 Å². The number of non-ortho nitro benzene ring substituents is 1. The highest BCUT2D eigenvalue weighted by atomic mass is 16.6. The molecule has 0 radical (unpaired) electrons. The number of hydrogen-bond acceptors (Lipinski definition) is 7. The second-order valence-electron chi connectivity index (χ2n) is 5.88. The summed E-state index contributed by atoms with van der Waals surface area (Å²) in [6.07, 6.45) is 0. The molecule has 0 bridgehead atoms. The van der Waals surface area contributed by atoms with Crippen LogP contribution in [0.4, 0.5) is 11.4 Å². The highest BCUT2D eigenvalue weighted by Crippen LogP contribution is 2.29. The molecule has 28 heavy (non-hydrogen) atoms. The monoisotopic (exact) mass is 384 g/mol. The van der Waals surface area contributed by atoms with Gasteiger partial charge in [0.05, 0.1) is 23.8 Å². The molecule has 0 saturated heterocycles. The summed E-state index contributed by atoms with van der Waals surface area (Å²) in [6, 6.07) is 10.2.